The summed E-state index contributed by atoms with van der Waals surface area (Å²) in [5.74, 6) is 0.0906. The van der Waals surface area contributed by atoms with Crippen molar-refractivity contribution in [3.63, 3.8) is 0 Å². The Morgan fingerprint density at radius 2 is 1.77 bits per heavy atom. The zero-order chi connectivity index (χ0) is 22.4. The molecule has 0 aliphatic carbocycles. The minimum absolute atomic E-state index is 0.178. The van der Waals surface area contributed by atoms with E-state index in [1.807, 2.05) is 12.1 Å². The predicted octanol–water partition coefficient (Wildman–Crippen LogP) is 2.55. The lowest BCUT2D eigenvalue weighted by molar-refractivity contribution is -0.274. The van der Waals surface area contributed by atoms with Crippen molar-refractivity contribution in [2.75, 3.05) is 20.8 Å². The summed E-state index contributed by atoms with van der Waals surface area (Å²) in [6.07, 6.45) is -4.25. The van der Waals surface area contributed by atoms with E-state index in [0.717, 1.165) is 22.5 Å². The fraction of sp³-hybridized carbons (Fsp3) is 0.263. The lowest BCUT2D eigenvalue weighted by Crippen LogP contribution is -2.27. The zero-order valence-corrected chi connectivity index (χ0v) is 16.5. The number of nitrogens with one attached hydrogen (secondary N) is 1. The van der Waals surface area contributed by atoms with Crippen molar-refractivity contribution in [1.29, 1.82) is 0 Å². The molecule has 0 saturated heterocycles. The van der Waals surface area contributed by atoms with Gasteiger partial charge in [0.2, 0.25) is 0 Å². The van der Waals surface area contributed by atoms with Crippen LogP contribution in [0.4, 0.5) is 13.2 Å². The molecule has 2 aromatic carbocycles. The van der Waals surface area contributed by atoms with Gasteiger partial charge in [-0.1, -0.05) is 6.07 Å². The molecule has 1 N–H and O–H groups in total. The molecular formula is C19H18F3N5O4. The van der Waals surface area contributed by atoms with Gasteiger partial charge in [0, 0.05) is 6.54 Å². The monoisotopic (exact) mass is 437 g/mol. The van der Waals surface area contributed by atoms with Gasteiger partial charge in [0.15, 0.2) is 11.5 Å². The third kappa shape index (κ3) is 5.84. The molecule has 0 aliphatic heterocycles. The van der Waals surface area contributed by atoms with Crippen molar-refractivity contribution >= 4 is 5.91 Å². The quantitative estimate of drug-likeness (QED) is 0.578. The summed E-state index contributed by atoms with van der Waals surface area (Å²) in [6, 6.07) is 10.3. The van der Waals surface area contributed by atoms with Crippen LogP contribution in [0.25, 0.3) is 5.69 Å². The molecule has 9 nitrogen and oxygen atoms in total. The van der Waals surface area contributed by atoms with Crippen molar-refractivity contribution in [1.82, 2.24) is 25.5 Å². The molecule has 1 aromatic heterocycles. The first-order valence-corrected chi connectivity index (χ1v) is 8.94. The number of halogens is 3. The fourth-order valence-corrected chi connectivity index (χ4v) is 2.63. The van der Waals surface area contributed by atoms with Crippen LogP contribution >= 0.6 is 0 Å². The molecule has 3 rings (SSSR count). The molecular weight excluding hydrogens is 419 g/mol. The van der Waals surface area contributed by atoms with Crippen LogP contribution in [0.2, 0.25) is 0 Å². The second kappa shape index (κ2) is 9.32. The van der Waals surface area contributed by atoms with Crippen LogP contribution in [-0.2, 0) is 6.42 Å². The van der Waals surface area contributed by atoms with Crippen LogP contribution in [0.5, 0.6) is 17.2 Å². The summed E-state index contributed by atoms with van der Waals surface area (Å²) < 4.78 is 50.9. The summed E-state index contributed by atoms with van der Waals surface area (Å²) in [7, 11) is 3.08. The first-order chi connectivity index (χ1) is 14.8. The maximum Gasteiger partial charge on any atom is 0.573 e. The third-order valence-electron chi connectivity index (χ3n) is 4.07. The SMILES string of the molecule is COc1ccc(CCNC(=O)c2nnn(-c3ccc(OC(F)(F)F)cc3)n2)cc1OC. The van der Waals surface area contributed by atoms with Gasteiger partial charge in [0.1, 0.15) is 5.75 Å². The van der Waals surface area contributed by atoms with Gasteiger partial charge in [-0.2, -0.15) is 0 Å². The van der Waals surface area contributed by atoms with E-state index in [4.69, 9.17) is 9.47 Å². The molecule has 0 unspecified atom stereocenters. The van der Waals surface area contributed by atoms with Crippen molar-refractivity contribution in [2.24, 2.45) is 0 Å². The van der Waals surface area contributed by atoms with E-state index in [0.29, 0.717) is 30.2 Å². The summed E-state index contributed by atoms with van der Waals surface area (Å²) in [4.78, 5) is 13.3. The maximum atomic E-state index is 12.2. The van der Waals surface area contributed by atoms with Crippen molar-refractivity contribution in [3.8, 4) is 22.9 Å². The zero-order valence-electron chi connectivity index (χ0n) is 16.5. The maximum absolute atomic E-state index is 12.2. The van der Waals surface area contributed by atoms with Crippen LogP contribution in [0.3, 0.4) is 0 Å². The average Bonchev–Trinajstić information content (AvgIpc) is 3.23. The molecule has 0 aliphatic rings. The Labute approximate surface area is 174 Å². The Morgan fingerprint density at radius 1 is 1.06 bits per heavy atom. The summed E-state index contributed by atoms with van der Waals surface area (Å²) in [5.41, 5.74) is 1.24. The highest BCUT2D eigenvalue weighted by atomic mass is 19.4. The van der Waals surface area contributed by atoms with Crippen molar-refractivity contribution in [2.45, 2.75) is 12.8 Å². The Bertz CT molecular complexity index is 1040. The fourth-order valence-electron chi connectivity index (χ4n) is 2.63. The molecule has 0 saturated carbocycles. The molecule has 1 heterocycles. The van der Waals surface area contributed by atoms with Crippen molar-refractivity contribution < 1.29 is 32.2 Å². The van der Waals surface area contributed by atoms with Crippen molar-refractivity contribution in [3.05, 3.63) is 53.9 Å². The number of tetrazole rings is 1. The number of alkyl halides is 3. The standard InChI is InChI=1S/C19H18F3N5O4/c1-29-15-8-3-12(11-16(15)30-2)9-10-23-18(28)17-24-26-27(25-17)13-4-6-14(7-5-13)31-19(20,21)22/h3-8,11H,9-10H2,1-2H3,(H,23,28). The molecule has 0 fully saturated rings. The predicted molar refractivity (Wildman–Crippen MR) is 101 cm³/mol. The van der Waals surface area contributed by atoms with E-state index in [1.54, 1.807) is 13.2 Å². The molecule has 0 spiro atoms. The molecule has 12 heteroatoms. The first kappa shape index (κ1) is 21.9. The van der Waals surface area contributed by atoms with Crippen LogP contribution < -0.4 is 19.5 Å². The Balaban J connectivity index is 1.57. The Morgan fingerprint density at radius 3 is 2.42 bits per heavy atom. The minimum atomic E-state index is -4.78. The Kier molecular flexibility index (Phi) is 6.58. The highest BCUT2D eigenvalue weighted by Crippen LogP contribution is 2.27. The molecule has 1 amide bonds. The number of hydrogen-bond donors (Lipinski definition) is 1. The molecule has 0 atom stereocenters. The normalized spacial score (nSPS) is 11.1. The number of carbonyl (C=O) groups is 1. The summed E-state index contributed by atoms with van der Waals surface area (Å²) in [5, 5.41) is 14.0. The number of methoxy groups -OCH3 is 2. The van der Waals surface area contributed by atoms with Gasteiger partial charge in [-0.05, 0) is 53.6 Å². The lowest BCUT2D eigenvalue weighted by atomic mass is 10.1. The van der Waals surface area contributed by atoms with Crippen LogP contribution in [0.15, 0.2) is 42.5 Å². The van der Waals surface area contributed by atoms with E-state index in [2.05, 4.69) is 25.5 Å². The number of carbonyl (C=O) groups excluding carboxylic acids is 1. The van der Waals surface area contributed by atoms with Gasteiger partial charge in [-0.3, -0.25) is 4.79 Å². The van der Waals surface area contributed by atoms with E-state index in [1.165, 1.54) is 19.2 Å². The van der Waals surface area contributed by atoms with Crippen LogP contribution in [0, 0.1) is 0 Å². The number of benzene rings is 2. The Hall–Kier alpha value is -3.83. The average molecular weight is 437 g/mol. The highest BCUT2D eigenvalue weighted by Gasteiger charge is 2.31. The second-order valence-corrected chi connectivity index (χ2v) is 6.14. The van der Waals surface area contributed by atoms with E-state index >= 15 is 0 Å². The minimum Gasteiger partial charge on any atom is -0.493 e. The van der Waals surface area contributed by atoms with Gasteiger partial charge in [0.25, 0.3) is 11.7 Å². The van der Waals surface area contributed by atoms with E-state index < -0.39 is 12.3 Å². The number of aromatic nitrogens is 4. The number of rotatable bonds is 8. The molecule has 0 bridgehead atoms. The number of hydrogen-bond acceptors (Lipinski definition) is 7. The number of ether oxygens (including phenoxy) is 3. The van der Waals surface area contributed by atoms with Gasteiger partial charge in [0.05, 0.1) is 19.9 Å². The van der Waals surface area contributed by atoms with E-state index in [9.17, 15) is 18.0 Å². The summed E-state index contributed by atoms with van der Waals surface area (Å²) in [6.45, 7) is 0.312. The van der Waals surface area contributed by atoms with Crippen LogP contribution in [-0.4, -0.2) is 53.2 Å². The molecule has 164 valence electrons. The van der Waals surface area contributed by atoms with Gasteiger partial charge >= 0.3 is 6.36 Å². The number of nitrogens with zero attached hydrogens (tertiary/aromatic N) is 4. The summed E-state index contributed by atoms with van der Waals surface area (Å²) >= 11 is 0. The largest absolute Gasteiger partial charge is 0.573 e. The van der Waals surface area contributed by atoms with Gasteiger partial charge in [-0.25, -0.2) is 0 Å². The van der Waals surface area contributed by atoms with Gasteiger partial charge < -0.3 is 19.5 Å². The van der Waals surface area contributed by atoms with E-state index in [-0.39, 0.29) is 11.6 Å². The smallest absolute Gasteiger partial charge is 0.493 e. The molecule has 0 radical (unpaired) electrons. The third-order valence-corrected chi connectivity index (χ3v) is 4.07. The number of amides is 1. The molecule has 3 aromatic rings. The highest BCUT2D eigenvalue weighted by molar-refractivity contribution is 5.90. The van der Waals surface area contributed by atoms with Crippen LogP contribution in [0.1, 0.15) is 16.2 Å². The first-order valence-electron chi connectivity index (χ1n) is 8.94. The van der Waals surface area contributed by atoms with Gasteiger partial charge in [-0.15, -0.1) is 28.2 Å². The lowest BCUT2D eigenvalue weighted by Gasteiger charge is -2.09. The topological polar surface area (TPSA) is 100 Å². The second-order valence-electron chi connectivity index (χ2n) is 6.14. The molecule has 31 heavy (non-hydrogen) atoms.